The molecule has 0 aliphatic carbocycles. The van der Waals surface area contributed by atoms with Crippen LogP contribution in [-0.2, 0) is 21.0 Å². The van der Waals surface area contributed by atoms with Gasteiger partial charge in [-0.1, -0.05) is 24.3 Å². The van der Waals surface area contributed by atoms with Crippen LogP contribution in [0.4, 0.5) is 13.2 Å². The van der Waals surface area contributed by atoms with Crippen molar-refractivity contribution in [3.63, 3.8) is 0 Å². The smallest absolute Gasteiger partial charge is 0.416 e. The molecule has 0 spiro atoms. The van der Waals surface area contributed by atoms with Gasteiger partial charge < -0.3 is 9.64 Å². The maximum atomic E-state index is 12.9. The average molecular weight is 456 g/mol. The van der Waals surface area contributed by atoms with Crippen LogP contribution in [-0.4, -0.2) is 56.3 Å². The van der Waals surface area contributed by atoms with E-state index in [9.17, 15) is 26.4 Å². The Morgan fingerprint density at radius 2 is 1.58 bits per heavy atom. The van der Waals surface area contributed by atoms with Crippen LogP contribution < -0.4 is 4.74 Å². The fraction of sp³-hybridized carbons (Fsp3) is 0.381. The van der Waals surface area contributed by atoms with Crippen LogP contribution in [0, 0.1) is 13.8 Å². The number of carbonyl (C=O) groups excluding carboxylic acids is 1. The van der Waals surface area contributed by atoms with E-state index in [2.05, 4.69) is 0 Å². The summed E-state index contributed by atoms with van der Waals surface area (Å²) in [4.78, 5) is 13.6. The molecular formula is C21H23F3N2O4S. The highest BCUT2D eigenvalue weighted by molar-refractivity contribution is 7.89. The Morgan fingerprint density at radius 3 is 2.16 bits per heavy atom. The number of carbonyl (C=O) groups is 1. The third kappa shape index (κ3) is 5.19. The second-order valence-corrected chi connectivity index (χ2v) is 9.26. The molecule has 1 aliphatic rings. The van der Waals surface area contributed by atoms with Crippen molar-refractivity contribution in [3.8, 4) is 5.75 Å². The molecule has 31 heavy (non-hydrogen) atoms. The second kappa shape index (κ2) is 8.88. The van der Waals surface area contributed by atoms with Crippen LogP contribution >= 0.6 is 0 Å². The number of amides is 1. The first kappa shape index (κ1) is 23.1. The molecule has 0 atom stereocenters. The topological polar surface area (TPSA) is 66.9 Å². The van der Waals surface area contributed by atoms with Crippen molar-refractivity contribution in [2.75, 3.05) is 32.8 Å². The third-order valence-corrected chi connectivity index (χ3v) is 7.03. The molecule has 2 aromatic carbocycles. The van der Waals surface area contributed by atoms with Crippen LogP contribution in [0.1, 0.15) is 16.7 Å². The summed E-state index contributed by atoms with van der Waals surface area (Å²) in [5, 5.41) is 0. The van der Waals surface area contributed by atoms with E-state index in [-0.39, 0.29) is 38.7 Å². The van der Waals surface area contributed by atoms with Crippen LogP contribution in [0.3, 0.4) is 0 Å². The van der Waals surface area contributed by atoms with Gasteiger partial charge >= 0.3 is 6.18 Å². The van der Waals surface area contributed by atoms with Crippen molar-refractivity contribution in [1.29, 1.82) is 0 Å². The van der Waals surface area contributed by atoms with Gasteiger partial charge in [-0.15, -0.1) is 0 Å². The summed E-state index contributed by atoms with van der Waals surface area (Å²) in [6.07, 6.45) is -4.63. The number of hydrogen-bond donors (Lipinski definition) is 0. The molecule has 2 aromatic rings. The number of alkyl halides is 3. The van der Waals surface area contributed by atoms with Crippen molar-refractivity contribution in [3.05, 3.63) is 59.2 Å². The molecule has 6 nitrogen and oxygen atoms in total. The monoisotopic (exact) mass is 456 g/mol. The van der Waals surface area contributed by atoms with Crippen molar-refractivity contribution in [2.24, 2.45) is 0 Å². The third-order valence-electron chi connectivity index (χ3n) is 5.14. The van der Waals surface area contributed by atoms with Crippen molar-refractivity contribution in [1.82, 2.24) is 9.21 Å². The lowest BCUT2D eigenvalue weighted by Gasteiger charge is -2.34. The lowest BCUT2D eigenvalue weighted by molar-refractivity contribution is -0.138. The summed E-state index contributed by atoms with van der Waals surface area (Å²) >= 11 is 0. The van der Waals surface area contributed by atoms with Crippen LogP contribution in [0.5, 0.6) is 5.75 Å². The average Bonchev–Trinajstić information content (AvgIpc) is 2.73. The Kier molecular flexibility index (Phi) is 6.61. The Morgan fingerprint density at radius 1 is 1.00 bits per heavy atom. The van der Waals surface area contributed by atoms with Gasteiger partial charge in [0.2, 0.25) is 10.0 Å². The number of benzene rings is 2. The molecule has 0 aromatic heterocycles. The summed E-state index contributed by atoms with van der Waals surface area (Å²) in [6.45, 7) is 3.84. The number of para-hydroxylation sites is 1. The first-order chi connectivity index (χ1) is 14.5. The number of halogens is 3. The fourth-order valence-corrected chi connectivity index (χ4v) is 4.88. The van der Waals surface area contributed by atoms with Gasteiger partial charge in [0, 0.05) is 26.2 Å². The predicted molar refractivity (Wildman–Crippen MR) is 108 cm³/mol. The van der Waals surface area contributed by atoms with Gasteiger partial charge in [0.1, 0.15) is 5.75 Å². The number of ether oxygens (including phenoxy) is 1. The van der Waals surface area contributed by atoms with Crippen molar-refractivity contribution < 1.29 is 31.1 Å². The highest BCUT2D eigenvalue weighted by Gasteiger charge is 2.34. The second-order valence-electron chi connectivity index (χ2n) is 7.32. The quantitative estimate of drug-likeness (QED) is 0.693. The summed E-state index contributed by atoms with van der Waals surface area (Å²) < 4.78 is 71.0. The largest absolute Gasteiger partial charge is 0.483 e. The van der Waals surface area contributed by atoms with E-state index in [1.807, 2.05) is 32.0 Å². The van der Waals surface area contributed by atoms with E-state index >= 15 is 0 Å². The zero-order valence-electron chi connectivity index (χ0n) is 17.1. The first-order valence-corrected chi connectivity index (χ1v) is 11.1. The SMILES string of the molecule is Cc1cccc(C)c1OCC(=O)N1CCN(S(=O)(=O)c2cccc(C(F)(F)F)c2)CC1. The van der Waals surface area contributed by atoms with Gasteiger partial charge in [-0.05, 0) is 43.2 Å². The Balaban J connectivity index is 1.62. The lowest BCUT2D eigenvalue weighted by Crippen LogP contribution is -2.51. The lowest BCUT2D eigenvalue weighted by atomic mass is 10.1. The van der Waals surface area contributed by atoms with E-state index in [4.69, 9.17) is 4.74 Å². The van der Waals surface area contributed by atoms with E-state index in [0.717, 1.165) is 33.6 Å². The first-order valence-electron chi connectivity index (χ1n) is 9.64. The minimum Gasteiger partial charge on any atom is -0.483 e. The zero-order valence-corrected chi connectivity index (χ0v) is 18.0. The summed E-state index contributed by atoms with van der Waals surface area (Å²) in [5.41, 5.74) is 0.792. The number of sulfonamides is 1. The molecule has 0 radical (unpaired) electrons. The molecule has 0 N–H and O–H groups in total. The molecule has 10 heteroatoms. The minimum atomic E-state index is -4.63. The highest BCUT2D eigenvalue weighted by Crippen LogP contribution is 2.31. The number of rotatable bonds is 5. The molecule has 0 bridgehead atoms. The maximum absolute atomic E-state index is 12.9. The molecule has 1 aliphatic heterocycles. The Bertz CT molecular complexity index is 1040. The van der Waals surface area contributed by atoms with Crippen LogP contribution in [0.2, 0.25) is 0 Å². The highest BCUT2D eigenvalue weighted by atomic mass is 32.2. The number of nitrogens with zero attached hydrogens (tertiary/aromatic N) is 2. The molecule has 1 heterocycles. The predicted octanol–water partition coefficient (Wildman–Crippen LogP) is 3.23. The molecule has 1 fully saturated rings. The van der Waals surface area contributed by atoms with E-state index in [0.29, 0.717) is 11.8 Å². The number of aryl methyl sites for hydroxylation is 2. The molecular weight excluding hydrogens is 433 g/mol. The van der Waals surface area contributed by atoms with E-state index in [1.54, 1.807) is 0 Å². The van der Waals surface area contributed by atoms with Gasteiger partial charge in [-0.3, -0.25) is 4.79 Å². The van der Waals surface area contributed by atoms with Gasteiger partial charge in [-0.25, -0.2) is 8.42 Å². The Hall–Kier alpha value is -2.59. The van der Waals surface area contributed by atoms with Gasteiger partial charge in [0.15, 0.2) is 6.61 Å². The van der Waals surface area contributed by atoms with Gasteiger partial charge in [-0.2, -0.15) is 17.5 Å². The van der Waals surface area contributed by atoms with Crippen molar-refractivity contribution in [2.45, 2.75) is 24.9 Å². The molecule has 0 unspecified atom stereocenters. The van der Waals surface area contributed by atoms with Crippen LogP contribution in [0.25, 0.3) is 0 Å². The molecule has 3 rings (SSSR count). The number of piperazine rings is 1. The van der Waals surface area contributed by atoms with E-state index in [1.165, 1.54) is 4.90 Å². The zero-order chi connectivity index (χ0) is 22.8. The number of hydrogen-bond acceptors (Lipinski definition) is 4. The summed E-state index contributed by atoms with van der Waals surface area (Å²) in [5.74, 6) is 0.361. The molecule has 168 valence electrons. The normalized spacial score (nSPS) is 15.7. The molecule has 0 saturated carbocycles. The molecule has 1 saturated heterocycles. The standard InChI is InChI=1S/C21H23F3N2O4S/c1-15-5-3-6-16(2)20(15)30-14-19(27)25-9-11-26(12-10-25)31(28,29)18-8-4-7-17(13-18)21(22,23)24/h3-8,13H,9-12,14H2,1-2H3. The van der Waals surface area contributed by atoms with Crippen molar-refractivity contribution >= 4 is 15.9 Å². The summed E-state index contributed by atoms with van der Waals surface area (Å²) in [7, 11) is -4.10. The van der Waals surface area contributed by atoms with E-state index < -0.39 is 26.7 Å². The van der Waals surface area contributed by atoms with Gasteiger partial charge in [0.05, 0.1) is 10.5 Å². The summed E-state index contributed by atoms with van der Waals surface area (Å²) in [6, 6.07) is 9.32. The minimum absolute atomic E-state index is 0.00624. The molecule has 1 amide bonds. The van der Waals surface area contributed by atoms with Crippen LogP contribution in [0.15, 0.2) is 47.4 Å². The maximum Gasteiger partial charge on any atom is 0.416 e. The van der Waals surface area contributed by atoms with Gasteiger partial charge in [0.25, 0.3) is 5.91 Å². The Labute approximate surface area is 179 Å². The fourth-order valence-electron chi connectivity index (χ4n) is 3.41.